The molecule has 0 unspecified atom stereocenters. The molecule has 0 atom stereocenters. The van der Waals surface area contributed by atoms with Crippen LogP contribution < -0.4 is 9.80 Å². The fourth-order valence-electron chi connectivity index (χ4n) is 17.7. The first kappa shape index (κ1) is 67.2. The zero-order valence-electron chi connectivity index (χ0n) is 62.6. The minimum Gasteiger partial charge on any atom is -0.311 e. The molecule has 114 heavy (non-hydrogen) atoms. The van der Waals surface area contributed by atoms with Gasteiger partial charge in [0.05, 0.1) is 0 Å². The zero-order valence-corrected chi connectivity index (χ0v) is 62.6. The molecule has 2 heteroatoms. The number of rotatable bonds is 12. The summed E-state index contributed by atoms with van der Waals surface area (Å²) in [6.45, 7) is 0. The predicted molar refractivity (Wildman–Crippen MR) is 490 cm³/mol. The average Bonchev–Trinajstić information content (AvgIpc) is 0.772. The van der Waals surface area contributed by atoms with Crippen molar-refractivity contribution in [3.63, 3.8) is 0 Å². The molecule has 0 bridgehead atoms. The van der Waals surface area contributed by atoms with Crippen molar-refractivity contribution in [3.05, 3.63) is 449 Å². The molecule has 0 N–H and O–H groups in total. The van der Waals surface area contributed by atoms with Crippen LogP contribution in [0.3, 0.4) is 0 Å². The lowest BCUT2D eigenvalue weighted by molar-refractivity contribution is 1.28. The molecule has 2 nitrogen and oxygen atoms in total. The largest absolute Gasteiger partial charge is 0.311 e. The van der Waals surface area contributed by atoms with Gasteiger partial charge in [-0.3, -0.25) is 0 Å². The van der Waals surface area contributed by atoms with Crippen molar-refractivity contribution in [2.24, 2.45) is 0 Å². The summed E-state index contributed by atoms with van der Waals surface area (Å²) in [5, 5.41) is 25.3. The van der Waals surface area contributed by atoms with Crippen molar-refractivity contribution in [3.8, 4) is 66.8 Å². The molecule has 0 aromatic heterocycles. The standard InChI is InChI=1S/2C56H37N/c1-4-16-47-38(12-1)15-11-23-48(47)39-24-30-44(31-25-39)57(45-32-26-40(27-33-45)55-36-42-13-2-5-17-49(42)51-19-7-9-21-53(51)55)46-34-28-41(29-35-46)56-37-43-14-3-6-18-50(43)52-20-8-10-22-54(52)56;1-2-12-42-35-43(22-21-38(42)11-1)39-23-29-46(30-24-39)57(47-31-25-40(26-32-47)55-36-44-13-3-5-15-49(44)51-17-7-9-19-53(51)55)48-33-27-41(28-34-48)56-37-45-14-4-6-16-50(45)52-18-8-10-20-54(52)56/h2*1-37H. The molecule has 0 amide bonds. The monoisotopic (exact) mass is 1450 g/mol. The van der Waals surface area contributed by atoms with E-state index in [-0.39, 0.29) is 0 Å². The molecule has 0 saturated heterocycles. The highest BCUT2D eigenvalue weighted by Crippen LogP contribution is 2.46. The van der Waals surface area contributed by atoms with Gasteiger partial charge in [0.1, 0.15) is 0 Å². The topological polar surface area (TPSA) is 6.48 Å². The van der Waals surface area contributed by atoms with Crippen molar-refractivity contribution in [1.29, 1.82) is 0 Å². The van der Waals surface area contributed by atoms with Gasteiger partial charge in [-0.15, -0.1) is 0 Å². The highest BCUT2D eigenvalue weighted by Gasteiger charge is 2.20. The van der Waals surface area contributed by atoms with Crippen LogP contribution in [0, 0.1) is 0 Å². The smallest absolute Gasteiger partial charge is 0.0462 e. The molecule has 0 saturated carbocycles. The van der Waals surface area contributed by atoms with Crippen molar-refractivity contribution in [2.45, 2.75) is 0 Å². The van der Waals surface area contributed by atoms with E-state index >= 15 is 0 Å². The van der Waals surface area contributed by atoms with Crippen LogP contribution in [0.2, 0.25) is 0 Å². The summed E-state index contributed by atoms with van der Waals surface area (Å²) in [6, 6.07) is 164. The van der Waals surface area contributed by atoms with E-state index in [4.69, 9.17) is 0 Å². The Morgan fingerprint density at radius 1 is 0.105 bits per heavy atom. The summed E-state index contributed by atoms with van der Waals surface area (Å²) in [7, 11) is 0. The maximum atomic E-state index is 2.37. The summed E-state index contributed by atoms with van der Waals surface area (Å²) >= 11 is 0. The Bertz CT molecular complexity index is 7090. The number of hydrogen-bond donors (Lipinski definition) is 0. The number of hydrogen-bond acceptors (Lipinski definition) is 2. The molecule has 22 aromatic carbocycles. The molecule has 0 aliphatic rings. The first-order valence-electron chi connectivity index (χ1n) is 39.3. The molecule has 0 spiro atoms. The number of anilines is 6. The normalized spacial score (nSPS) is 11.5. The molecule has 0 fully saturated rings. The summed E-state index contributed by atoms with van der Waals surface area (Å²) in [5.41, 5.74) is 21.2. The zero-order chi connectivity index (χ0) is 75.4. The lowest BCUT2D eigenvalue weighted by Gasteiger charge is -2.26. The Morgan fingerprint density at radius 2 is 0.325 bits per heavy atom. The average molecular weight is 1450 g/mol. The lowest BCUT2D eigenvalue weighted by Crippen LogP contribution is -2.09. The van der Waals surface area contributed by atoms with Crippen LogP contribution in [0.25, 0.3) is 174 Å². The highest BCUT2D eigenvalue weighted by molar-refractivity contribution is 6.18. The first-order valence-corrected chi connectivity index (χ1v) is 39.3. The van der Waals surface area contributed by atoms with Crippen LogP contribution in [-0.2, 0) is 0 Å². The van der Waals surface area contributed by atoms with Crippen LogP contribution in [-0.4, -0.2) is 0 Å². The molecule has 0 aliphatic heterocycles. The number of nitrogens with zero attached hydrogens (tertiary/aromatic N) is 2. The maximum Gasteiger partial charge on any atom is 0.0462 e. The second kappa shape index (κ2) is 28.8. The van der Waals surface area contributed by atoms with Crippen LogP contribution in [0.1, 0.15) is 0 Å². The number of benzene rings is 22. The summed E-state index contributed by atoms with van der Waals surface area (Å²) in [4.78, 5) is 4.74. The van der Waals surface area contributed by atoms with Gasteiger partial charge < -0.3 is 9.80 Å². The Kier molecular flexibility index (Phi) is 17.0. The summed E-state index contributed by atoms with van der Waals surface area (Å²) in [6.07, 6.45) is 0. The van der Waals surface area contributed by atoms with E-state index in [9.17, 15) is 0 Å². The molecular formula is C112H74N2. The van der Waals surface area contributed by atoms with Crippen molar-refractivity contribution < 1.29 is 0 Å². The minimum atomic E-state index is 1.10. The molecule has 22 rings (SSSR count). The third kappa shape index (κ3) is 12.3. The van der Waals surface area contributed by atoms with Crippen LogP contribution in [0.15, 0.2) is 449 Å². The van der Waals surface area contributed by atoms with Gasteiger partial charge in [0.2, 0.25) is 0 Å². The molecule has 532 valence electrons. The maximum absolute atomic E-state index is 2.37. The Balaban J connectivity index is 0.000000143. The Morgan fingerprint density at radius 3 is 0.640 bits per heavy atom. The fourth-order valence-corrected chi connectivity index (χ4v) is 17.7. The van der Waals surface area contributed by atoms with E-state index in [1.54, 1.807) is 0 Å². The SMILES string of the molecule is c1ccc2c(-c3ccc(N(c4ccc(-c5cc6ccccc6c6ccccc56)cc4)c4ccc(-c5cc6ccccc6c6ccccc56)cc4)cc3)cccc2c1.c1ccc2cc(-c3ccc(N(c4ccc(-c5cc6ccccc6c6ccccc56)cc4)c4ccc(-c5cc6ccccc6c6ccccc56)cc4)cc3)ccc2c1. The van der Waals surface area contributed by atoms with Gasteiger partial charge in [0.15, 0.2) is 0 Å². The molecule has 0 heterocycles. The van der Waals surface area contributed by atoms with Gasteiger partial charge in [0.25, 0.3) is 0 Å². The predicted octanol–water partition coefficient (Wildman–Crippen LogP) is 31.8. The quantitative estimate of drug-likeness (QED) is 0.113. The van der Waals surface area contributed by atoms with Crippen LogP contribution in [0.4, 0.5) is 34.1 Å². The van der Waals surface area contributed by atoms with Gasteiger partial charge in [0, 0.05) is 34.1 Å². The number of fused-ring (bicyclic) bond motifs is 14. The molecular weight excluding hydrogens is 1370 g/mol. The molecule has 0 aliphatic carbocycles. The van der Waals surface area contributed by atoms with Crippen molar-refractivity contribution in [1.82, 2.24) is 0 Å². The van der Waals surface area contributed by atoms with Crippen LogP contribution >= 0.6 is 0 Å². The van der Waals surface area contributed by atoms with E-state index in [2.05, 4.69) is 459 Å². The Hall–Kier alpha value is -15.0. The first-order chi connectivity index (χ1) is 56.5. The van der Waals surface area contributed by atoms with Gasteiger partial charge in [-0.05, 0) is 278 Å². The highest BCUT2D eigenvalue weighted by atomic mass is 15.1. The van der Waals surface area contributed by atoms with Gasteiger partial charge >= 0.3 is 0 Å². The van der Waals surface area contributed by atoms with Crippen LogP contribution in [0.5, 0.6) is 0 Å². The van der Waals surface area contributed by atoms with E-state index in [0.717, 1.165) is 34.1 Å². The minimum absolute atomic E-state index is 1.10. The third-order valence-corrected chi connectivity index (χ3v) is 23.3. The Labute approximate surface area is 662 Å². The van der Waals surface area contributed by atoms with Crippen molar-refractivity contribution >= 4 is 142 Å². The van der Waals surface area contributed by atoms with E-state index in [1.165, 1.54) is 174 Å². The van der Waals surface area contributed by atoms with Crippen molar-refractivity contribution in [2.75, 3.05) is 9.80 Å². The van der Waals surface area contributed by atoms with E-state index in [0.29, 0.717) is 0 Å². The second-order valence-corrected chi connectivity index (χ2v) is 29.8. The van der Waals surface area contributed by atoms with Gasteiger partial charge in [-0.1, -0.05) is 346 Å². The molecule has 0 radical (unpaired) electrons. The van der Waals surface area contributed by atoms with Gasteiger partial charge in [-0.2, -0.15) is 0 Å². The van der Waals surface area contributed by atoms with E-state index in [1.807, 2.05) is 0 Å². The summed E-state index contributed by atoms with van der Waals surface area (Å²) in [5.74, 6) is 0. The lowest BCUT2D eigenvalue weighted by atomic mass is 9.93. The molecule has 22 aromatic rings. The third-order valence-electron chi connectivity index (χ3n) is 23.3. The fraction of sp³-hybridized carbons (Fsp3) is 0. The second-order valence-electron chi connectivity index (χ2n) is 29.8. The van der Waals surface area contributed by atoms with E-state index < -0.39 is 0 Å². The summed E-state index contributed by atoms with van der Waals surface area (Å²) < 4.78 is 0. The van der Waals surface area contributed by atoms with Gasteiger partial charge in [-0.25, -0.2) is 0 Å².